The van der Waals surface area contributed by atoms with Crippen LogP contribution in [0.1, 0.15) is 31.2 Å². The van der Waals surface area contributed by atoms with E-state index in [1.807, 2.05) is 36.7 Å². The van der Waals surface area contributed by atoms with Gasteiger partial charge in [0, 0.05) is 52.7 Å². The first-order valence-electron chi connectivity index (χ1n) is 12.1. The monoisotopic (exact) mass is 450 g/mol. The molecule has 3 heterocycles. The second-order valence-corrected chi connectivity index (χ2v) is 9.03. The van der Waals surface area contributed by atoms with Crippen molar-refractivity contribution in [2.24, 2.45) is 0 Å². The molecule has 0 saturated carbocycles. The highest BCUT2D eigenvalue weighted by Crippen LogP contribution is 2.33. The van der Waals surface area contributed by atoms with Crippen LogP contribution in [-0.2, 0) is 6.54 Å². The number of likely N-dealkylation sites (tertiary alicyclic amines) is 1. The van der Waals surface area contributed by atoms with Crippen LogP contribution in [0, 0.1) is 11.3 Å². The number of nitrogens with zero attached hydrogens (tertiary/aromatic N) is 4. The summed E-state index contributed by atoms with van der Waals surface area (Å²) in [5.41, 5.74) is 6.18. The van der Waals surface area contributed by atoms with Gasteiger partial charge in [-0.3, -0.25) is 4.98 Å². The van der Waals surface area contributed by atoms with E-state index in [0.29, 0.717) is 5.56 Å². The Morgan fingerprint density at radius 2 is 1.71 bits per heavy atom. The summed E-state index contributed by atoms with van der Waals surface area (Å²) in [7, 11) is 1.68. The molecule has 5 heteroatoms. The van der Waals surface area contributed by atoms with Gasteiger partial charge < -0.3 is 14.2 Å². The molecule has 0 atom stereocenters. The van der Waals surface area contributed by atoms with Crippen LogP contribution >= 0.6 is 0 Å². The molecule has 4 aromatic rings. The lowest BCUT2D eigenvalue weighted by molar-refractivity contribution is 0.223. The Hall–Kier alpha value is -3.62. The quantitative estimate of drug-likeness (QED) is 0.340. The zero-order valence-corrected chi connectivity index (χ0v) is 19.7. The summed E-state index contributed by atoms with van der Waals surface area (Å²) in [6.45, 7) is 4.56. The van der Waals surface area contributed by atoms with Gasteiger partial charge in [-0.05, 0) is 80.9 Å². The van der Waals surface area contributed by atoms with E-state index in [-0.39, 0.29) is 0 Å². The molecule has 1 fully saturated rings. The number of pyridine rings is 1. The number of piperidine rings is 1. The molecule has 0 amide bonds. The molecule has 0 aliphatic carbocycles. The van der Waals surface area contributed by atoms with E-state index in [4.69, 9.17) is 4.74 Å². The van der Waals surface area contributed by atoms with Crippen LogP contribution in [0.5, 0.6) is 5.75 Å². The Labute approximate surface area is 201 Å². The maximum Gasteiger partial charge on any atom is 0.118 e. The van der Waals surface area contributed by atoms with Gasteiger partial charge >= 0.3 is 0 Å². The Morgan fingerprint density at radius 1 is 0.912 bits per heavy atom. The van der Waals surface area contributed by atoms with E-state index in [1.54, 1.807) is 7.11 Å². The van der Waals surface area contributed by atoms with Crippen LogP contribution in [-0.4, -0.2) is 41.2 Å². The van der Waals surface area contributed by atoms with E-state index in [2.05, 4.69) is 51.0 Å². The maximum absolute atomic E-state index is 9.50. The molecule has 0 N–H and O–H groups in total. The van der Waals surface area contributed by atoms with Crippen molar-refractivity contribution >= 4 is 10.9 Å². The SMILES string of the molecule is COc1ccc(-c2cncc(-c3cn(CCCN4CCCCC4)c4ccc(C#N)cc34)c2)cc1. The van der Waals surface area contributed by atoms with E-state index >= 15 is 0 Å². The summed E-state index contributed by atoms with van der Waals surface area (Å²) in [6, 6.07) is 18.5. The summed E-state index contributed by atoms with van der Waals surface area (Å²) in [6.07, 6.45) is 11.2. The van der Waals surface area contributed by atoms with E-state index in [9.17, 15) is 5.26 Å². The van der Waals surface area contributed by atoms with Crippen molar-refractivity contribution in [3.05, 3.63) is 72.7 Å². The van der Waals surface area contributed by atoms with Gasteiger partial charge in [-0.15, -0.1) is 0 Å². The van der Waals surface area contributed by atoms with Crippen molar-refractivity contribution < 1.29 is 4.74 Å². The van der Waals surface area contributed by atoms with Crippen LogP contribution in [0.2, 0.25) is 0 Å². The Bertz CT molecular complexity index is 1310. The highest BCUT2D eigenvalue weighted by molar-refractivity contribution is 5.97. The number of benzene rings is 2. The average molecular weight is 451 g/mol. The molecule has 0 bridgehead atoms. The molecule has 0 radical (unpaired) electrons. The summed E-state index contributed by atoms with van der Waals surface area (Å²) in [5, 5.41) is 10.6. The smallest absolute Gasteiger partial charge is 0.118 e. The third-order valence-electron chi connectivity index (χ3n) is 6.80. The fourth-order valence-electron chi connectivity index (χ4n) is 4.96. The number of nitriles is 1. The number of methoxy groups -OCH3 is 1. The van der Waals surface area contributed by atoms with Gasteiger partial charge in [0.2, 0.25) is 0 Å². The molecule has 1 saturated heterocycles. The predicted octanol–water partition coefficient (Wildman–Crippen LogP) is 6.13. The normalized spacial score (nSPS) is 14.2. The van der Waals surface area contributed by atoms with E-state index in [1.165, 1.54) is 37.9 Å². The number of aryl methyl sites for hydroxylation is 1. The van der Waals surface area contributed by atoms with Crippen LogP contribution in [0.4, 0.5) is 0 Å². The highest BCUT2D eigenvalue weighted by Gasteiger charge is 2.14. The van der Waals surface area contributed by atoms with Crippen LogP contribution in [0.15, 0.2) is 67.1 Å². The highest BCUT2D eigenvalue weighted by atomic mass is 16.5. The summed E-state index contributed by atoms with van der Waals surface area (Å²) < 4.78 is 7.64. The Balaban J connectivity index is 1.46. The van der Waals surface area contributed by atoms with Crippen LogP contribution < -0.4 is 4.74 Å². The van der Waals surface area contributed by atoms with E-state index in [0.717, 1.165) is 52.9 Å². The third kappa shape index (κ3) is 4.69. The minimum Gasteiger partial charge on any atom is -0.497 e. The van der Waals surface area contributed by atoms with Gasteiger partial charge in [0.25, 0.3) is 0 Å². The second kappa shape index (κ2) is 10.1. The number of ether oxygens (including phenoxy) is 1. The second-order valence-electron chi connectivity index (χ2n) is 9.03. The summed E-state index contributed by atoms with van der Waals surface area (Å²) in [4.78, 5) is 7.14. The minimum atomic E-state index is 0.680. The minimum absolute atomic E-state index is 0.680. The molecule has 1 aliphatic heterocycles. The standard InChI is InChI=1S/C29H30N4O/c1-34-26-9-7-23(8-10-26)24-17-25(20-31-19-24)28-21-33(15-5-14-32-12-3-2-4-13-32)29-11-6-22(18-30)16-27(28)29/h6-11,16-17,19-21H,2-5,12-15H2,1H3. The maximum atomic E-state index is 9.50. The number of fused-ring (bicyclic) bond motifs is 1. The molecule has 34 heavy (non-hydrogen) atoms. The zero-order chi connectivity index (χ0) is 23.3. The van der Waals surface area contributed by atoms with Crippen molar-refractivity contribution in [3.63, 3.8) is 0 Å². The predicted molar refractivity (Wildman–Crippen MR) is 137 cm³/mol. The van der Waals surface area contributed by atoms with Gasteiger partial charge in [-0.1, -0.05) is 18.6 Å². The molecule has 2 aromatic heterocycles. The lowest BCUT2D eigenvalue weighted by Gasteiger charge is -2.26. The zero-order valence-electron chi connectivity index (χ0n) is 19.7. The lowest BCUT2D eigenvalue weighted by atomic mass is 10.0. The largest absolute Gasteiger partial charge is 0.497 e. The number of aromatic nitrogens is 2. The van der Waals surface area contributed by atoms with Gasteiger partial charge in [0.05, 0.1) is 18.7 Å². The van der Waals surface area contributed by atoms with E-state index < -0.39 is 0 Å². The molecule has 2 aromatic carbocycles. The fourth-order valence-corrected chi connectivity index (χ4v) is 4.96. The summed E-state index contributed by atoms with van der Waals surface area (Å²) >= 11 is 0. The topological polar surface area (TPSA) is 54.1 Å². The van der Waals surface area contributed by atoms with Gasteiger partial charge in [0.15, 0.2) is 0 Å². The molecule has 5 rings (SSSR count). The Kier molecular flexibility index (Phi) is 6.60. The summed E-state index contributed by atoms with van der Waals surface area (Å²) in [5.74, 6) is 0.838. The van der Waals surface area contributed by atoms with Crippen LogP contribution in [0.3, 0.4) is 0 Å². The lowest BCUT2D eigenvalue weighted by Crippen LogP contribution is -2.31. The first-order valence-corrected chi connectivity index (χ1v) is 12.1. The van der Waals surface area contributed by atoms with Gasteiger partial charge in [-0.2, -0.15) is 5.26 Å². The van der Waals surface area contributed by atoms with Gasteiger partial charge in [0.1, 0.15) is 5.75 Å². The molecule has 0 unspecified atom stereocenters. The first-order chi connectivity index (χ1) is 16.7. The molecule has 172 valence electrons. The first kappa shape index (κ1) is 22.2. The van der Waals surface area contributed by atoms with Crippen molar-refractivity contribution in [2.45, 2.75) is 32.2 Å². The number of rotatable bonds is 7. The Morgan fingerprint density at radius 3 is 2.47 bits per heavy atom. The molecule has 0 spiro atoms. The average Bonchev–Trinajstić information content (AvgIpc) is 3.27. The number of hydrogen-bond donors (Lipinski definition) is 0. The number of hydrogen-bond acceptors (Lipinski definition) is 4. The molecular weight excluding hydrogens is 420 g/mol. The molecule has 5 nitrogen and oxygen atoms in total. The fraction of sp³-hybridized carbons (Fsp3) is 0.310. The van der Waals surface area contributed by atoms with Gasteiger partial charge in [-0.25, -0.2) is 0 Å². The van der Waals surface area contributed by atoms with Crippen molar-refractivity contribution in [3.8, 4) is 34.1 Å². The van der Waals surface area contributed by atoms with Crippen LogP contribution in [0.25, 0.3) is 33.2 Å². The van der Waals surface area contributed by atoms with Crippen molar-refractivity contribution in [2.75, 3.05) is 26.7 Å². The molecular formula is C29H30N4O. The van der Waals surface area contributed by atoms with Crippen molar-refractivity contribution in [1.29, 1.82) is 5.26 Å². The third-order valence-corrected chi connectivity index (χ3v) is 6.80. The van der Waals surface area contributed by atoms with Crippen molar-refractivity contribution in [1.82, 2.24) is 14.5 Å². The molecule has 1 aliphatic rings.